The van der Waals surface area contributed by atoms with Crippen molar-refractivity contribution in [3.05, 3.63) is 12.7 Å². The SMILES string of the molecule is C=C[C@H](NC(=O)[C@@H](NC(=O)CCCCNC(=O)CCl)C(C)C)C(=O)C(C)(C)C. The maximum atomic E-state index is 12.6. The van der Waals surface area contributed by atoms with E-state index in [1.807, 2.05) is 13.8 Å². The second-order valence-corrected chi connectivity index (χ2v) is 8.33. The Bertz CT molecular complexity index is 570. The van der Waals surface area contributed by atoms with Gasteiger partial charge in [-0.25, -0.2) is 0 Å². The highest BCUT2D eigenvalue weighted by molar-refractivity contribution is 6.27. The second-order valence-electron chi connectivity index (χ2n) is 8.07. The molecule has 7 nitrogen and oxygen atoms in total. The van der Waals surface area contributed by atoms with E-state index in [9.17, 15) is 19.2 Å². The molecule has 0 saturated heterocycles. The number of hydrogen-bond donors (Lipinski definition) is 3. The number of rotatable bonds is 12. The Hall–Kier alpha value is -1.89. The summed E-state index contributed by atoms with van der Waals surface area (Å²) in [5, 5.41) is 8.03. The lowest BCUT2D eigenvalue weighted by Crippen LogP contribution is -2.54. The van der Waals surface area contributed by atoms with Crippen molar-refractivity contribution >= 4 is 35.1 Å². The highest BCUT2D eigenvalue weighted by Gasteiger charge is 2.32. The van der Waals surface area contributed by atoms with Crippen LogP contribution in [0.25, 0.3) is 0 Å². The molecule has 0 heterocycles. The zero-order chi connectivity index (χ0) is 21.9. The number of carbonyl (C=O) groups excluding carboxylic acids is 4. The van der Waals surface area contributed by atoms with Crippen molar-refractivity contribution in [2.24, 2.45) is 11.3 Å². The molecule has 0 fully saturated rings. The van der Waals surface area contributed by atoms with Gasteiger partial charge in [-0.1, -0.05) is 40.7 Å². The van der Waals surface area contributed by atoms with E-state index in [0.29, 0.717) is 19.4 Å². The highest BCUT2D eigenvalue weighted by Crippen LogP contribution is 2.17. The van der Waals surface area contributed by atoms with E-state index in [0.717, 1.165) is 0 Å². The van der Waals surface area contributed by atoms with Gasteiger partial charge in [-0.15, -0.1) is 18.2 Å². The van der Waals surface area contributed by atoms with E-state index in [2.05, 4.69) is 22.5 Å². The zero-order valence-electron chi connectivity index (χ0n) is 17.6. The largest absolute Gasteiger partial charge is 0.355 e. The molecule has 0 aromatic rings. The average Bonchev–Trinajstić information content (AvgIpc) is 2.61. The minimum Gasteiger partial charge on any atom is -0.355 e. The number of alkyl halides is 1. The number of nitrogens with one attached hydrogen (secondary N) is 3. The lowest BCUT2D eigenvalue weighted by atomic mass is 9.86. The first-order valence-corrected chi connectivity index (χ1v) is 10.1. The average molecular weight is 416 g/mol. The summed E-state index contributed by atoms with van der Waals surface area (Å²) >= 11 is 5.38. The fourth-order valence-corrected chi connectivity index (χ4v) is 2.50. The van der Waals surface area contributed by atoms with Crippen LogP contribution in [-0.4, -0.2) is 48.0 Å². The van der Waals surface area contributed by atoms with Gasteiger partial charge in [0, 0.05) is 18.4 Å². The summed E-state index contributed by atoms with van der Waals surface area (Å²) in [4.78, 5) is 48.2. The lowest BCUT2D eigenvalue weighted by Gasteiger charge is -2.27. The summed E-state index contributed by atoms with van der Waals surface area (Å²) in [7, 11) is 0. The predicted octanol–water partition coefficient (Wildman–Crippen LogP) is 1.94. The molecule has 0 aromatic carbocycles. The van der Waals surface area contributed by atoms with Gasteiger partial charge in [0.15, 0.2) is 5.78 Å². The lowest BCUT2D eigenvalue weighted by molar-refractivity contribution is -0.133. The van der Waals surface area contributed by atoms with Gasteiger partial charge < -0.3 is 16.0 Å². The van der Waals surface area contributed by atoms with Crippen molar-refractivity contribution < 1.29 is 19.2 Å². The van der Waals surface area contributed by atoms with Crippen LogP contribution in [0.3, 0.4) is 0 Å². The Balaban J connectivity index is 4.66. The predicted molar refractivity (Wildman–Crippen MR) is 111 cm³/mol. The third kappa shape index (κ3) is 9.88. The molecule has 0 aliphatic heterocycles. The second kappa shape index (κ2) is 12.5. The molecule has 0 aliphatic carbocycles. The van der Waals surface area contributed by atoms with Crippen molar-refractivity contribution in [2.75, 3.05) is 12.4 Å². The number of carbonyl (C=O) groups is 4. The number of hydrogen-bond acceptors (Lipinski definition) is 4. The summed E-state index contributed by atoms with van der Waals surface area (Å²) in [6.07, 6.45) is 2.84. The third-order valence-corrected chi connectivity index (χ3v) is 4.34. The standard InChI is InChI=1S/C20H34ClN3O4/c1-7-14(18(27)20(4,5)6)23-19(28)17(13(2)3)24-15(25)10-8-9-11-22-16(26)12-21/h7,13-14,17H,1,8-12H2,2-6H3,(H,22,26)(H,23,28)(H,24,25)/t14-,17-/m0/s1. The van der Waals surface area contributed by atoms with Crippen molar-refractivity contribution in [3.63, 3.8) is 0 Å². The topological polar surface area (TPSA) is 104 Å². The molecule has 0 saturated carbocycles. The first-order chi connectivity index (χ1) is 12.9. The Kier molecular flexibility index (Phi) is 11.7. The number of unbranched alkanes of at least 4 members (excludes halogenated alkanes) is 1. The summed E-state index contributed by atoms with van der Waals surface area (Å²) in [6.45, 7) is 13.0. The van der Waals surface area contributed by atoms with Gasteiger partial charge in [0.05, 0.1) is 0 Å². The van der Waals surface area contributed by atoms with E-state index in [4.69, 9.17) is 11.6 Å². The molecule has 160 valence electrons. The molecule has 0 aliphatic rings. The third-order valence-electron chi connectivity index (χ3n) is 4.09. The number of amides is 3. The van der Waals surface area contributed by atoms with Gasteiger partial charge in [0.1, 0.15) is 18.0 Å². The van der Waals surface area contributed by atoms with Crippen LogP contribution in [-0.2, 0) is 19.2 Å². The van der Waals surface area contributed by atoms with Gasteiger partial charge in [-0.3, -0.25) is 19.2 Å². The smallest absolute Gasteiger partial charge is 0.243 e. The molecular weight excluding hydrogens is 382 g/mol. The molecule has 0 aromatic heterocycles. The molecule has 0 radical (unpaired) electrons. The van der Waals surface area contributed by atoms with Gasteiger partial charge >= 0.3 is 0 Å². The van der Waals surface area contributed by atoms with Gasteiger partial charge in [-0.2, -0.15) is 0 Å². The van der Waals surface area contributed by atoms with Gasteiger partial charge in [-0.05, 0) is 18.8 Å². The van der Waals surface area contributed by atoms with Gasteiger partial charge in [0.2, 0.25) is 17.7 Å². The van der Waals surface area contributed by atoms with Crippen LogP contribution >= 0.6 is 11.6 Å². The molecule has 0 rings (SSSR count). The fraction of sp³-hybridized carbons (Fsp3) is 0.700. The first kappa shape index (κ1) is 26.1. The maximum absolute atomic E-state index is 12.6. The Morgan fingerprint density at radius 2 is 1.64 bits per heavy atom. The Labute approximate surface area is 173 Å². The number of Topliss-reactive ketones (excluding diaryl/α,β-unsaturated/α-hetero) is 1. The normalized spacial score (nSPS) is 13.4. The van der Waals surface area contributed by atoms with Crippen molar-refractivity contribution in [1.82, 2.24) is 16.0 Å². The molecule has 3 amide bonds. The molecule has 0 spiro atoms. The van der Waals surface area contributed by atoms with Crippen LogP contribution < -0.4 is 16.0 Å². The summed E-state index contributed by atoms with van der Waals surface area (Å²) < 4.78 is 0. The summed E-state index contributed by atoms with van der Waals surface area (Å²) in [5.74, 6) is -1.31. The van der Waals surface area contributed by atoms with Crippen molar-refractivity contribution in [1.29, 1.82) is 0 Å². The molecule has 3 N–H and O–H groups in total. The molecule has 8 heteroatoms. The van der Waals surface area contributed by atoms with Crippen LogP contribution in [0.2, 0.25) is 0 Å². The quantitative estimate of drug-likeness (QED) is 0.257. The van der Waals surface area contributed by atoms with Gasteiger partial charge in [0.25, 0.3) is 0 Å². The summed E-state index contributed by atoms with van der Waals surface area (Å²) in [6, 6.07) is -1.56. The summed E-state index contributed by atoms with van der Waals surface area (Å²) in [5.41, 5.74) is -0.623. The highest BCUT2D eigenvalue weighted by atomic mass is 35.5. The molecule has 2 atom stereocenters. The Morgan fingerprint density at radius 1 is 1.04 bits per heavy atom. The van der Waals surface area contributed by atoms with Crippen molar-refractivity contribution in [2.45, 2.75) is 66.0 Å². The molecule has 0 bridgehead atoms. The van der Waals surface area contributed by atoms with Crippen LogP contribution in [0.1, 0.15) is 53.9 Å². The fourth-order valence-electron chi connectivity index (χ4n) is 2.41. The molecule has 0 unspecified atom stereocenters. The van der Waals surface area contributed by atoms with Crippen LogP contribution in [0.4, 0.5) is 0 Å². The number of halogens is 1. The van der Waals surface area contributed by atoms with E-state index in [1.54, 1.807) is 20.8 Å². The first-order valence-electron chi connectivity index (χ1n) is 9.53. The van der Waals surface area contributed by atoms with Crippen LogP contribution in [0.5, 0.6) is 0 Å². The molecular formula is C20H34ClN3O4. The zero-order valence-corrected chi connectivity index (χ0v) is 18.3. The minimum absolute atomic E-state index is 0.0882. The number of ketones is 1. The maximum Gasteiger partial charge on any atom is 0.243 e. The van der Waals surface area contributed by atoms with E-state index < -0.39 is 23.4 Å². The van der Waals surface area contributed by atoms with Crippen LogP contribution in [0.15, 0.2) is 12.7 Å². The Morgan fingerprint density at radius 3 is 2.11 bits per heavy atom. The van der Waals surface area contributed by atoms with Crippen LogP contribution in [0, 0.1) is 11.3 Å². The van der Waals surface area contributed by atoms with Crippen molar-refractivity contribution in [3.8, 4) is 0 Å². The monoisotopic (exact) mass is 415 g/mol. The molecule has 28 heavy (non-hydrogen) atoms. The van der Waals surface area contributed by atoms with E-state index in [1.165, 1.54) is 6.08 Å². The van der Waals surface area contributed by atoms with E-state index >= 15 is 0 Å². The minimum atomic E-state index is -0.809. The van der Waals surface area contributed by atoms with E-state index in [-0.39, 0.29) is 35.8 Å².